The number of pyridine rings is 1. The number of thiocarbonyl (C=S) groups is 1. The molecule has 4 aromatic rings. The Labute approximate surface area is 219 Å². The minimum Gasteiger partial charge on any atom is -0.490 e. The number of rotatable bonds is 8. The minimum absolute atomic E-state index is 0.232. The standard InChI is InChI=1S/C27H24ClFN4O2S/c1-34-15-16-35-24-12-11-20(17-21(24)28)33-26(25(31-27(33)36)22-5-2-3-13-30-22)23-6-4-14-32(23)19-9-7-18(29)8-10-19/h2-14,17,25-26H,15-16H2,1H3,(H,31,36). The molecule has 2 aromatic heterocycles. The Kier molecular flexibility index (Phi) is 7.18. The summed E-state index contributed by atoms with van der Waals surface area (Å²) in [6, 6.07) is 21.3. The Morgan fingerprint density at radius 1 is 1.03 bits per heavy atom. The van der Waals surface area contributed by atoms with Crippen molar-refractivity contribution in [2.45, 2.75) is 12.1 Å². The van der Waals surface area contributed by atoms with E-state index < -0.39 is 0 Å². The summed E-state index contributed by atoms with van der Waals surface area (Å²) in [4.78, 5) is 6.64. The van der Waals surface area contributed by atoms with E-state index in [0.717, 1.165) is 22.8 Å². The van der Waals surface area contributed by atoms with Crippen LogP contribution in [-0.2, 0) is 4.74 Å². The van der Waals surface area contributed by atoms with Crippen molar-refractivity contribution >= 4 is 34.6 Å². The Balaban J connectivity index is 1.58. The van der Waals surface area contributed by atoms with Crippen LogP contribution in [0.1, 0.15) is 23.5 Å². The van der Waals surface area contributed by atoms with Crippen molar-refractivity contribution in [3.63, 3.8) is 0 Å². The summed E-state index contributed by atoms with van der Waals surface area (Å²) >= 11 is 12.4. The first-order valence-electron chi connectivity index (χ1n) is 11.4. The van der Waals surface area contributed by atoms with Crippen LogP contribution in [0.25, 0.3) is 5.69 Å². The lowest BCUT2D eigenvalue weighted by Gasteiger charge is -2.29. The third-order valence-electron chi connectivity index (χ3n) is 6.02. The molecule has 6 nitrogen and oxygen atoms in total. The van der Waals surface area contributed by atoms with Gasteiger partial charge in [-0.25, -0.2) is 4.39 Å². The molecule has 3 heterocycles. The molecular formula is C27H24ClFN4O2S. The predicted molar refractivity (Wildman–Crippen MR) is 142 cm³/mol. The molecule has 36 heavy (non-hydrogen) atoms. The Hall–Kier alpha value is -3.46. The van der Waals surface area contributed by atoms with Gasteiger partial charge in [-0.05, 0) is 78.9 Å². The fourth-order valence-electron chi connectivity index (χ4n) is 4.40. The number of benzene rings is 2. The summed E-state index contributed by atoms with van der Waals surface area (Å²) in [5, 5.41) is 4.47. The first kappa shape index (κ1) is 24.2. The molecule has 0 amide bonds. The van der Waals surface area contributed by atoms with Crippen LogP contribution in [0.5, 0.6) is 5.75 Å². The van der Waals surface area contributed by atoms with Gasteiger partial charge in [-0.3, -0.25) is 4.98 Å². The zero-order valence-electron chi connectivity index (χ0n) is 19.5. The lowest BCUT2D eigenvalue weighted by atomic mass is 10.0. The molecule has 1 aliphatic rings. The number of aromatic nitrogens is 2. The maximum Gasteiger partial charge on any atom is 0.174 e. The summed E-state index contributed by atoms with van der Waals surface area (Å²) in [7, 11) is 1.62. The van der Waals surface area contributed by atoms with Crippen LogP contribution in [0.3, 0.4) is 0 Å². The van der Waals surface area contributed by atoms with Crippen LogP contribution in [-0.4, -0.2) is 35.0 Å². The molecule has 1 saturated heterocycles. The van der Waals surface area contributed by atoms with Gasteiger partial charge < -0.3 is 24.3 Å². The van der Waals surface area contributed by atoms with E-state index in [1.807, 2.05) is 64.2 Å². The van der Waals surface area contributed by atoms with Crippen molar-refractivity contribution in [1.29, 1.82) is 0 Å². The predicted octanol–water partition coefficient (Wildman–Crippen LogP) is 5.87. The molecule has 5 rings (SSSR count). The Bertz CT molecular complexity index is 1350. The van der Waals surface area contributed by atoms with E-state index in [1.165, 1.54) is 12.1 Å². The molecule has 9 heteroatoms. The number of halogens is 2. The third kappa shape index (κ3) is 4.80. The number of methoxy groups -OCH3 is 1. The van der Waals surface area contributed by atoms with Crippen LogP contribution in [0.4, 0.5) is 10.1 Å². The van der Waals surface area contributed by atoms with Crippen molar-refractivity contribution < 1.29 is 13.9 Å². The second-order valence-corrected chi connectivity index (χ2v) is 9.03. The maximum absolute atomic E-state index is 13.6. The van der Waals surface area contributed by atoms with Crippen LogP contribution >= 0.6 is 23.8 Å². The first-order chi connectivity index (χ1) is 17.6. The van der Waals surface area contributed by atoms with Crippen LogP contribution in [0.2, 0.25) is 5.02 Å². The van der Waals surface area contributed by atoms with Gasteiger partial charge >= 0.3 is 0 Å². The van der Waals surface area contributed by atoms with Crippen LogP contribution < -0.4 is 15.0 Å². The summed E-state index contributed by atoms with van der Waals surface area (Å²) in [6.07, 6.45) is 3.72. The molecule has 0 bridgehead atoms. The van der Waals surface area contributed by atoms with E-state index in [0.29, 0.717) is 29.1 Å². The highest BCUT2D eigenvalue weighted by Gasteiger charge is 2.42. The lowest BCUT2D eigenvalue weighted by molar-refractivity contribution is 0.146. The van der Waals surface area contributed by atoms with E-state index >= 15 is 0 Å². The molecule has 2 aromatic carbocycles. The molecule has 1 fully saturated rings. The molecule has 184 valence electrons. The van der Waals surface area contributed by atoms with E-state index in [9.17, 15) is 4.39 Å². The molecular weight excluding hydrogens is 499 g/mol. The van der Waals surface area contributed by atoms with Gasteiger partial charge in [0.1, 0.15) is 24.2 Å². The highest BCUT2D eigenvalue weighted by Crippen LogP contribution is 2.43. The van der Waals surface area contributed by atoms with E-state index in [1.54, 1.807) is 25.4 Å². The fourth-order valence-corrected chi connectivity index (χ4v) is 4.97. The second kappa shape index (κ2) is 10.7. The summed E-state index contributed by atoms with van der Waals surface area (Å²) in [5.41, 5.74) is 3.46. The quantitative estimate of drug-likeness (QED) is 0.231. The van der Waals surface area contributed by atoms with Crippen molar-refractivity contribution in [3.8, 4) is 11.4 Å². The van der Waals surface area contributed by atoms with Crippen LogP contribution in [0, 0.1) is 5.82 Å². The van der Waals surface area contributed by atoms with E-state index in [2.05, 4.69) is 10.3 Å². The summed E-state index contributed by atoms with van der Waals surface area (Å²) < 4.78 is 26.5. The number of hydrogen-bond donors (Lipinski definition) is 1. The maximum atomic E-state index is 13.6. The summed E-state index contributed by atoms with van der Waals surface area (Å²) in [5.74, 6) is 0.287. The molecule has 1 N–H and O–H groups in total. The van der Waals surface area contributed by atoms with Gasteiger partial charge in [-0.1, -0.05) is 17.7 Å². The smallest absolute Gasteiger partial charge is 0.174 e. The van der Waals surface area contributed by atoms with E-state index in [-0.39, 0.29) is 17.9 Å². The molecule has 2 atom stereocenters. The van der Waals surface area contributed by atoms with Crippen LogP contribution in [0.15, 0.2) is 85.2 Å². The normalized spacial score (nSPS) is 17.3. The van der Waals surface area contributed by atoms with Gasteiger partial charge in [0.2, 0.25) is 0 Å². The number of hydrogen-bond acceptors (Lipinski definition) is 4. The molecule has 0 saturated carbocycles. The van der Waals surface area contributed by atoms with Crippen molar-refractivity contribution in [2.75, 3.05) is 25.2 Å². The number of nitrogens with zero attached hydrogens (tertiary/aromatic N) is 3. The average molecular weight is 523 g/mol. The highest BCUT2D eigenvalue weighted by atomic mass is 35.5. The number of ether oxygens (including phenoxy) is 2. The number of anilines is 1. The average Bonchev–Trinajstić information content (AvgIpc) is 3.50. The van der Waals surface area contributed by atoms with Gasteiger partial charge in [-0.15, -0.1) is 0 Å². The van der Waals surface area contributed by atoms with Crippen molar-refractivity contribution in [1.82, 2.24) is 14.9 Å². The minimum atomic E-state index is -0.286. The molecule has 2 unspecified atom stereocenters. The second-order valence-electron chi connectivity index (χ2n) is 8.23. The van der Waals surface area contributed by atoms with Gasteiger partial charge in [0, 0.05) is 36.6 Å². The van der Waals surface area contributed by atoms with Crippen molar-refractivity contribution in [3.05, 3.63) is 107 Å². The number of nitrogens with one attached hydrogen (secondary N) is 1. The van der Waals surface area contributed by atoms with Gasteiger partial charge in [0.15, 0.2) is 5.11 Å². The molecule has 0 spiro atoms. The molecule has 1 aliphatic heterocycles. The van der Waals surface area contributed by atoms with E-state index in [4.69, 9.17) is 33.3 Å². The first-order valence-corrected chi connectivity index (χ1v) is 12.2. The molecule has 0 aliphatic carbocycles. The third-order valence-corrected chi connectivity index (χ3v) is 6.63. The van der Waals surface area contributed by atoms with Gasteiger partial charge in [-0.2, -0.15) is 0 Å². The monoisotopic (exact) mass is 522 g/mol. The Morgan fingerprint density at radius 3 is 2.56 bits per heavy atom. The zero-order chi connectivity index (χ0) is 25.1. The Morgan fingerprint density at radius 2 is 1.83 bits per heavy atom. The topological polar surface area (TPSA) is 51.6 Å². The summed E-state index contributed by atoms with van der Waals surface area (Å²) in [6.45, 7) is 0.862. The lowest BCUT2D eigenvalue weighted by Crippen LogP contribution is -2.30. The van der Waals surface area contributed by atoms with Crippen molar-refractivity contribution in [2.24, 2.45) is 0 Å². The SMILES string of the molecule is COCCOc1ccc(N2C(=S)NC(c3ccccn3)C2c2cccn2-c2ccc(F)cc2)cc1Cl. The van der Waals surface area contributed by atoms with Gasteiger partial charge in [0.25, 0.3) is 0 Å². The molecule has 0 radical (unpaired) electrons. The largest absolute Gasteiger partial charge is 0.490 e. The highest BCUT2D eigenvalue weighted by molar-refractivity contribution is 7.80. The van der Waals surface area contributed by atoms with Gasteiger partial charge in [0.05, 0.1) is 23.4 Å². The zero-order valence-corrected chi connectivity index (χ0v) is 21.0. The fraction of sp³-hybridized carbons (Fsp3) is 0.185.